The van der Waals surface area contributed by atoms with E-state index in [-0.39, 0.29) is 0 Å². The van der Waals surface area contributed by atoms with Gasteiger partial charge in [0.25, 0.3) is 0 Å². The summed E-state index contributed by atoms with van der Waals surface area (Å²) in [5, 5.41) is 8.67. The number of imidazole rings is 1. The number of halogens is 1. The van der Waals surface area contributed by atoms with Crippen molar-refractivity contribution >= 4 is 17.2 Å². The highest BCUT2D eigenvalue weighted by atomic mass is 35.5. The van der Waals surface area contributed by atoms with E-state index in [0.717, 1.165) is 23.6 Å². The number of rotatable bonds is 5. The van der Waals surface area contributed by atoms with Crippen molar-refractivity contribution in [2.24, 2.45) is 7.05 Å². The van der Waals surface area contributed by atoms with Crippen molar-refractivity contribution in [2.45, 2.75) is 32.9 Å². The van der Waals surface area contributed by atoms with Gasteiger partial charge in [-0.1, -0.05) is 25.4 Å². The SMILES string of the molecule is CC(C)c1nn(C)cc1CNCc1cn2cc(Cl)ccc2n1. The van der Waals surface area contributed by atoms with Crippen molar-refractivity contribution in [1.29, 1.82) is 0 Å². The zero-order chi connectivity index (χ0) is 15.7. The summed E-state index contributed by atoms with van der Waals surface area (Å²) in [6, 6.07) is 3.77. The van der Waals surface area contributed by atoms with Crippen LogP contribution in [-0.4, -0.2) is 19.2 Å². The summed E-state index contributed by atoms with van der Waals surface area (Å²) >= 11 is 5.99. The average Bonchev–Trinajstić information content (AvgIpc) is 3.01. The molecular formula is C16H20ClN5. The molecule has 3 rings (SSSR count). The molecule has 116 valence electrons. The first-order valence-corrected chi connectivity index (χ1v) is 7.77. The monoisotopic (exact) mass is 317 g/mol. The molecule has 0 aliphatic rings. The predicted octanol–water partition coefficient (Wildman–Crippen LogP) is 3.13. The number of nitrogens with one attached hydrogen (secondary N) is 1. The lowest BCUT2D eigenvalue weighted by atomic mass is 10.1. The molecule has 0 unspecified atom stereocenters. The number of aryl methyl sites for hydroxylation is 1. The first kappa shape index (κ1) is 15.1. The minimum Gasteiger partial charge on any atom is -0.307 e. The highest BCUT2D eigenvalue weighted by Crippen LogP contribution is 2.17. The maximum absolute atomic E-state index is 5.99. The summed E-state index contributed by atoms with van der Waals surface area (Å²) in [5.41, 5.74) is 4.30. The fraction of sp³-hybridized carbons (Fsp3) is 0.375. The van der Waals surface area contributed by atoms with Gasteiger partial charge in [0.1, 0.15) is 5.65 Å². The van der Waals surface area contributed by atoms with E-state index in [9.17, 15) is 0 Å². The van der Waals surface area contributed by atoms with Gasteiger partial charge in [-0.15, -0.1) is 0 Å². The number of fused-ring (bicyclic) bond motifs is 1. The van der Waals surface area contributed by atoms with E-state index in [4.69, 9.17) is 11.6 Å². The molecule has 0 atom stereocenters. The van der Waals surface area contributed by atoms with E-state index in [2.05, 4.69) is 35.4 Å². The molecule has 0 aromatic carbocycles. The number of nitrogens with zero attached hydrogens (tertiary/aromatic N) is 4. The second-order valence-electron chi connectivity index (χ2n) is 5.82. The fourth-order valence-electron chi connectivity index (χ4n) is 2.60. The van der Waals surface area contributed by atoms with Crippen molar-refractivity contribution in [2.75, 3.05) is 0 Å². The van der Waals surface area contributed by atoms with Gasteiger partial charge in [-0.3, -0.25) is 4.68 Å². The molecule has 6 heteroatoms. The van der Waals surface area contributed by atoms with E-state index in [1.54, 1.807) is 0 Å². The lowest BCUT2D eigenvalue weighted by Gasteiger charge is -2.05. The Morgan fingerprint density at radius 1 is 1.18 bits per heavy atom. The minimum absolute atomic E-state index is 0.426. The number of aromatic nitrogens is 4. The molecule has 0 fully saturated rings. The molecule has 5 nitrogen and oxygen atoms in total. The van der Waals surface area contributed by atoms with Crippen LogP contribution < -0.4 is 5.32 Å². The molecule has 3 aromatic rings. The second kappa shape index (κ2) is 6.10. The summed E-state index contributed by atoms with van der Waals surface area (Å²) < 4.78 is 3.82. The van der Waals surface area contributed by atoms with Gasteiger partial charge >= 0.3 is 0 Å². The van der Waals surface area contributed by atoms with E-state index in [0.29, 0.717) is 17.5 Å². The zero-order valence-corrected chi connectivity index (χ0v) is 13.8. The van der Waals surface area contributed by atoms with Crippen molar-refractivity contribution in [3.8, 4) is 0 Å². The van der Waals surface area contributed by atoms with Crippen LogP contribution >= 0.6 is 11.6 Å². The average molecular weight is 318 g/mol. The molecule has 22 heavy (non-hydrogen) atoms. The van der Waals surface area contributed by atoms with Gasteiger partial charge in [0.15, 0.2) is 0 Å². The van der Waals surface area contributed by atoms with Crippen LogP contribution in [0.1, 0.15) is 36.7 Å². The summed E-state index contributed by atoms with van der Waals surface area (Å²) in [6.45, 7) is 5.83. The molecule has 0 aliphatic heterocycles. The Bertz CT molecular complexity index is 787. The Balaban J connectivity index is 1.67. The van der Waals surface area contributed by atoms with Crippen LogP contribution in [0.4, 0.5) is 0 Å². The predicted molar refractivity (Wildman–Crippen MR) is 88.0 cm³/mol. The number of pyridine rings is 1. The molecule has 3 aromatic heterocycles. The molecule has 0 amide bonds. The second-order valence-corrected chi connectivity index (χ2v) is 6.25. The molecule has 0 spiro atoms. The Kier molecular flexibility index (Phi) is 4.18. The number of hydrogen-bond acceptors (Lipinski definition) is 3. The third kappa shape index (κ3) is 3.15. The summed E-state index contributed by atoms with van der Waals surface area (Å²) in [7, 11) is 1.96. The maximum Gasteiger partial charge on any atom is 0.137 e. The van der Waals surface area contributed by atoms with Gasteiger partial charge in [-0.2, -0.15) is 5.10 Å². The quantitative estimate of drug-likeness (QED) is 0.786. The highest BCUT2D eigenvalue weighted by Gasteiger charge is 2.11. The Morgan fingerprint density at radius 3 is 2.77 bits per heavy atom. The van der Waals surface area contributed by atoms with Gasteiger partial charge in [-0.05, 0) is 18.1 Å². The van der Waals surface area contributed by atoms with Crippen LogP contribution in [0.3, 0.4) is 0 Å². The van der Waals surface area contributed by atoms with Gasteiger partial charge in [0.2, 0.25) is 0 Å². The summed E-state index contributed by atoms with van der Waals surface area (Å²) in [6.07, 6.45) is 5.94. The first-order chi connectivity index (χ1) is 10.5. The van der Waals surface area contributed by atoms with Gasteiger partial charge in [-0.25, -0.2) is 4.98 Å². The molecular weight excluding hydrogens is 298 g/mol. The fourth-order valence-corrected chi connectivity index (χ4v) is 2.77. The van der Waals surface area contributed by atoms with Crippen LogP contribution in [0.2, 0.25) is 5.02 Å². The lowest BCUT2D eigenvalue weighted by molar-refractivity contribution is 0.670. The number of hydrogen-bond donors (Lipinski definition) is 1. The zero-order valence-electron chi connectivity index (χ0n) is 13.0. The van der Waals surface area contributed by atoms with Crippen LogP contribution in [-0.2, 0) is 20.1 Å². The van der Waals surface area contributed by atoms with Gasteiger partial charge in [0, 0.05) is 44.3 Å². The molecule has 0 saturated heterocycles. The van der Waals surface area contributed by atoms with E-state index in [1.165, 1.54) is 5.56 Å². The van der Waals surface area contributed by atoms with E-state index >= 15 is 0 Å². The van der Waals surface area contributed by atoms with Crippen molar-refractivity contribution in [3.05, 3.63) is 52.7 Å². The molecule has 0 aliphatic carbocycles. The Labute approximate surface area is 134 Å². The highest BCUT2D eigenvalue weighted by molar-refractivity contribution is 6.30. The topological polar surface area (TPSA) is 47.2 Å². The van der Waals surface area contributed by atoms with Gasteiger partial charge < -0.3 is 9.72 Å². The van der Waals surface area contributed by atoms with E-state index < -0.39 is 0 Å². The van der Waals surface area contributed by atoms with Crippen LogP contribution in [0.15, 0.2) is 30.7 Å². The standard InChI is InChI=1S/C16H20ClN5/c1-11(2)16-12(8-21(3)20-16)6-18-7-14-10-22-9-13(17)4-5-15(22)19-14/h4-5,8-11,18H,6-7H2,1-3H3. The minimum atomic E-state index is 0.426. The Morgan fingerprint density at radius 2 is 2.00 bits per heavy atom. The third-order valence-electron chi connectivity index (χ3n) is 3.57. The largest absolute Gasteiger partial charge is 0.307 e. The summed E-state index contributed by atoms with van der Waals surface area (Å²) in [5.74, 6) is 0.426. The Hall–Kier alpha value is -1.85. The smallest absolute Gasteiger partial charge is 0.137 e. The van der Waals surface area contributed by atoms with Crippen LogP contribution in [0, 0.1) is 0 Å². The maximum atomic E-state index is 5.99. The molecule has 0 saturated carbocycles. The van der Waals surface area contributed by atoms with E-state index in [1.807, 2.05) is 40.7 Å². The van der Waals surface area contributed by atoms with Crippen LogP contribution in [0.5, 0.6) is 0 Å². The van der Waals surface area contributed by atoms with Crippen molar-refractivity contribution in [1.82, 2.24) is 24.5 Å². The summed E-state index contributed by atoms with van der Waals surface area (Å²) in [4.78, 5) is 4.57. The van der Waals surface area contributed by atoms with Crippen molar-refractivity contribution < 1.29 is 0 Å². The molecule has 3 heterocycles. The van der Waals surface area contributed by atoms with Crippen molar-refractivity contribution in [3.63, 3.8) is 0 Å². The van der Waals surface area contributed by atoms with Crippen LogP contribution in [0.25, 0.3) is 5.65 Å². The normalized spacial score (nSPS) is 11.7. The molecule has 1 N–H and O–H groups in total. The third-order valence-corrected chi connectivity index (χ3v) is 3.79. The van der Waals surface area contributed by atoms with Gasteiger partial charge in [0.05, 0.1) is 16.4 Å². The lowest BCUT2D eigenvalue weighted by Crippen LogP contribution is -2.14. The molecule has 0 bridgehead atoms. The first-order valence-electron chi connectivity index (χ1n) is 7.39. The molecule has 0 radical (unpaired) electrons.